The van der Waals surface area contributed by atoms with Crippen LogP contribution < -0.4 is 5.32 Å². The number of thiophene rings is 1. The zero-order valence-corrected chi connectivity index (χ0v) is 11.1. The topological polar surface area (TPSA) is 52.5 Å². The number of hydrogen-bond donors (Lipinski definition) is 3. The van der Waals surface area contributed by atoms with Crippen molar-refractivity contribution < 1.29 is 10.2 Å². The Morgan fingerprint density at radius 1 is 1.29 bits per heavy atom. The van der Waals surface area contributed by atoms with Crippen LogP contribution in [0.15, 0.2) is 6.07 Å². The fourth-order valence-electron chi connectivity index (χ4n) is 2.33. The van der Waals surface area contributed by atoms with Crippen molar-refractivity contribution in [3.8, 4) is 0 Å². The summed E-state index contributed by atoms with van der Waals surface area (Å²) in [5, 5.41) is 21.4. The molecule has 0 saturated carbocycles. The third-order valence-electron chi connectivity index (χ3n) is 3.37. The van der Waals surface area contributed by atoms with Crippen LogP contribution in [0, 0.1) is 0 Å². The summed E-state index contributed by atoms with van der Waals surface area (Å²) in [5.41, 5.74) is 1.51. The molecule has 1 aliphatic carbocycles. The summed E-state index contributed by atoms with van der Waals surface area (Å²) in [6.45, 7) is 2.05. The van der Waals surface area contributed by atoms with Crippen LogP contribution in [-0.2, 0) is 12.8 Å². The van der Waals surface area contributed by atoms with E-state index < -0.39 is 0 Å². The molecule has 0 aliphatic heterocycles. The van der Waals surface area contributed by atoms with Crippen LogP contribution in [-0.4, -0.2) is 29.5 Å². The van der Waals surface area contributed by atoms with Gasteiger partial charge in [0.25, 0.3) is 0 Å². The van der Waals surface area contributed by atoms with Crippen molar-refractivity contribution in [2.45, 2.75) is 44.7 Å². The maximum atomic E-state index is 9.06. The molecule has 0 saturated heterocycles. The van der Waals surface area contributed by atoms with Crippen LogP contribution >= 0.6 is 11.3 Å². The number of aryl methyl sites for hydroxylation is 2. The number of nitrogens with one attached hydrogen (secondary N) is 1. The summed E-state index contributed by atoms with van der Waals surface area (Å²) in [7, 11) is 0. The van der Waals surface area contributed by atoms with E-state index in [0.29, 0.717) is 0 Å². The van der Waals surface area contributed by atoms with E-state index in [4.69, 9.17) is 10.2 Å². The fourth-order valence-corrected chi connectivity index (χ4v) is 3.59. The average molecular weight is 255 g/mol. The smallest absolute Gasteiger partial charge is 0.0607 e. The molecule has 4 heteroatoms. The maximum absolute atomic E-state index is 9.06. The first kappa shape index (κ1) is 13.0. The van der Waals surface area contributed by atoms with E-state index in [1.165, 1.54) is 41.0 Å². The zero-order chi connectivity index (χ0) is 12.3. The lowest BCUT2D eigenvalue weighted by Gasteiger charge is -2.18. The molecule has 96 valence electrons. The molecular weight excluding hydrogens is 234 g/mol. The number of rotatable bonds is 5. The minimum absolute atomic E-state index is 0.0219. The summed E-state index contributed by atoms with van der Waals surface area (Å²) in [5.74, 6) is 0. The highest BCUT2D eigenvalue weighted by Crippen LogP contribution is 2.32. The summed E-state index contributed by atoms with van der Waals surface area (Å²) in [4.78, 5) is 2.85. The van der Waals surface area contributed by atoms with Gasteiger partial charge in [0.05, 0.1) is 19.3 Å². The molecule has 0 aromatic carbocycles. The van der Waals surface area contributed by atoms with Crippen molar-refractivity contribution in [3.05, 3.63) is 21.4 Å². The SMILES string of the molecule is CC(NC(CO)CO)c1cc2c(s1)CCCC2. The number of fused-ring (bicyclic) bond motifs is 1. The predicted molar refractivity (Wildman–Crippen MR) is 70.5 cm³/mol. The first-order valence-electron chi connectivity index (χ1n) is 6.34. The molecule has 0 fully saturated rings. The molecule has 1 heterocycles. The van der Waals surface area contributed by atoms with E-state index in [0.717, 1.165) is 0 Å². The second-order valence-corrected chi connectivity index (χ2v) is 5.92. The Kier molecular flexibility index (Phi) is 4.56. The standard InChI is InChI=1S/C13H21NO2S/c1-9(14-11(7-15)8-16)13-6-10-4-2-3-5-12(10)17-13/h6,9,11,14-16H,2-5,7-8H2,1H3. The summed E-state index contributed by atoms with van der Waals surface area (Å²) < 4.78 is 0. The molecule has 1 aromatic heterocycles. The van der Waals surface area contributed by atoms with E-state index in [1.807, 2.05) is 11.3 Å². The van der Waals surface area contributed by atoms with E-state index in [2.05, 4.69) is 18.3 Å². The highest BCUT2D eigenvalue weighted by molar-refractivity contribution is 7.12. The van der Waals surface area contributed by atoms with Crippen LogP contribution in [0.4, 0.5) is 0 Å². The van der Waals surface area contributed by atoms with Gasteiger partial charge in [0.1, 0.15) is 0 Å². The summed E-state index contributed by atoms with van der Waals surface area (Å²) >= 11 is 1.88. The molecule has 0 amide bonds. The Morgan fingerprint density at radius 3 is 2.65 bits per heavy atom. The number of hydrogen-bond acceptors (Lipinski definition) is 4. The van der Waals surface area contributed by atoms with Crippen LogP contribution in [0.5, 0.6) is 0 Å². The van der Waals surface area contributed by atoms with Crippen LogP contribution in [0.25, 0.3) is 0 Å². The van der Waals surface area contributed by atoms with E-state index in [1.54, 1.807) is 0 Å². The molecule has 1 aromatic rings. The minimum Gasteiger partial charge on any atom is -0.395 e. The number of aliphatic hydroxyl groups excluding tert-OH is 2. The predicted octanol–water partition coefficient (Wildman–Crippen LogP) is 1.63. The first-order valence-corrected chi connectivity index (χ1v) is 7.15. The molecule has 1 atom stereocenters. The van der Waals surface area contributed by atoms with Crippen molar-refractivity contribution in [3.63, 3.8) is 0 Å². The van der Waals surface area contributed by atoms with Gasteiger partial charge < -0.3 is 15.5 Å². The summed E-state index contributed by atoms with van der Waals surface area (Å²) in [6.07, 6.45) is 5.05. The van der Waals surface area contributed by atoms with Crippen LogP contribution in [0.1, 0.15) is 41.1 Å². The Morgan fingerprint density at radius 2 is 2.00 bits per heavy atom. The molecule has 17 heavy (non-hydrogen) atoms. The van der Waals surface area contributed by atoms with E-state index in [9.17, 15) is 0 Å². The quantitative estimate of drug-likeness (QED) is 0.749. The molecule has 1 aliphatic rings. The molecule has 2 rings (SSSR count). The van der Waals surface area contributed by atoms with E-state index >= 15 is 0 Å². The van der Waals surface area contributed by atoms with Gasteiger partial charge in [-0.05, 0) is 44.2 Å². The van der Waals surface area contributed by atoms with Crippen LogP contribution in [0.2, 0.25) is 0 Å². The maximum Gasteiger partial charge on any atom is 0.0607 e. The van der Waals surface area contributed by atoms with Crippen LogP contribution in [0.3, 0.4) is 0 Å². The third-order valence-corrected chi connectivity index (χ3v) is 4.79. The zero-order valence-electron chi connectivity index (χ0n) is 10.3. The van der Waals surface area contributed by atoms with Gasteiger partial charge in [0, 0.05) is 15.8 Å². The minimum atomic E-state index is -0.218. The Labute approximate surface area is 106 Å². The van der Waals surface area contributed by atoms with Gasteiger partial charge in [0.2, 0.25) is 0 Å². The second kappa shape index (κ2) is 5.96. The molecule has 0 spiro atoms. The van der Waals surface area contributed by atoms with Gasteiger partial charge in [-0.25, -0.2) is 0 Å². The lowest BCUT2D eigenvalue weighted by atomic mass is 9.99. The Balaban J connectivity index is 2.03. The van der Waals surface area contributed by atoms with E-state index in [-0.39, 0.29) is 25.3 Å². The molecule has 0 bridgehead atoms. The van der Waals surface area contributed by atoms with Gasteiger partial charge in [0.15, 0.2) is 0 Å². The lowest BCUT2D eigenvalue weighted by molar-refractivity contribution is 0.164. The highest BCUT2D eigenvalue weighted by Gasteiger charge is 2.18. The monoisotopic (exact) mass is 255 g/mol. The second-order valence-electron chi connectivity index (χ2n) is 4.75. The third kappa shape index (κ3) is 3.07. The fraction of sp³-hybridized carbons (Fsp3) is 0.692. The Hall–Kier alpha value is -0.420. The van der Waals surface area contributed by atoms with Crippen molar-refractivity contribution in [2.24, 2.45) is 0 Å². The highest BCUT2D eigenvalue weighted by atomic mass is 32.1. The molecule has 0 radical (unpaired) electrons. The number of aliphatic hydroxyl groups is 2. The largest absolute Gasteiger partial charge is 0.395 e. The van der Waals surface area contributed by atoms with Crippen molar-refractivity contribution in [1.82, 2.24) is 5.32 Å². The van der Waals surface area contributed by atoms with Crippen molar-refractivity contribution in [1.29, 1.82) is 0 Å². The molecular formula is C13H21NO2S. The van der Waals surface area contributed by atoms with Gasteiger partial charge in [-0.2, -0.15) is 0 Å². The van der Waals surface area contributed by atoms with Gasteiger partial charge in [-0.3, -0.25) is 0 Å². The lowest BCUT2D eigenvalue weighted by Crippen LogP contribution is -2.37. The van der Waals surface area contributed by atoms with Gasteiger partial charge in [-0.15, -0.1) is 11.3 Å². The van der Waals surface area contributed by atoms with Gasteiger partial charge in [-0.1, -0.05) is 0 Å². The van der Waals surface area contributed by atoms with Crippen molar-refractivity contribution in [2.75, 3.05) is 13.2 Å². The average Bonchev–Trinajstić information content (AvgIpc) is 2.79. The molecule has 3 nitrogen and oxygen atoms in total. The normalized spacial score (nSPS) is 17.2. The van der Waals surface area contributed by atoms with Gasteiger partial charge >= 0.3 is 0 Å². The first-order chi connectivity index (χ1) is 8.24. The summed E-state index contributed by atoms with van der Waals surface area (Å²) in [6, 6.07) is 2.28. The Bertz CT molecular complexity index is 337. The molecule has 3 N–H and O–H groups in total. The van der Waals surface area contributed by atoms with Crippen molar-refractivity contribution >= 4 is 11.3 Å². The molecule has 1 unspecified atom stereocenters.